The number of rotatable bonds is 5. The molecule has 0 aliphatic carbocycles. The molecule has 0 heterocycles. The Bertz CT molecular complexity index is 646. The lowest BCUT2D eigenvalue weighted by Crippen LogP contribution is -2.23. The average molecular weight is 369 g/mol. The number of nitrogens with one attached hydrogen (secondary N) is 1. The van der Waals surface area contributed by atoms with Crippen LogP contribution in [0.15, 0.2) is 46.9 Å². The van der Waals surface area contributed by atoms with Crippen molar-refractivity contribution in [3.63, 3.8) is 0 Å². The van der Waals surface area contributed by atoms with Crippen LogP contribution in [0.4, 0.5) is 0 Å². The Labute approximate surface area is 137 Å². The highest BCUT2D eigenvalue weighted by molar-refractivity contribution is 9.10. The molecule has 21 heavy (non-hydrogen) atoms. The Morgan fingerprint density at radius 3 is 2.62 bits per heavy atom. The SMILES string of the molecule is COCc1ccccc1CNC(=O)c1ccc(Cl)c(Br)c1. The predicted molar refractivity (Wildman–Crippen MR) is 87.5 cm³/mol. The molecule has 1 amide bonds. The number of amides is 1. The number of halogens is 2. The van der Waals surface area contributed by atoms with Crippen molar-refractivity contribution >= 4 is 33.4 Å². The van der Waals surface area contributed by atoms with Gasteiger partial charge in [-0.2, -0.15) is 0 Å². The van der Waals surface area contributed by atoms with Crippen LogP contribution in [-0.4, -0.2) is 13.0 Å². The highest BCUT2D eigenvalue weighted by atomic mass is 79.9. The number of carbonyl (C=O) groups excluding carboxylic acids is 1. The zero-order valence-electron chi connectivity index (χ0n) is 11.5. The van der Waals surface area contributed by atoms with Crippen LogP contribution < -0.4 is 5.32 Å². The van der Waals surface area contributed by atoms with E-state index in [2.05, 4.69) is 21.2 Å². The van der Waals surface area contributed by atoms with E-state index in [9.17, 15) is 4.79 Å². The molecule has 2 rings (SSSR count). The third kappa shape index (κ3) is 4.30. The molecule has 5 heteroatoms. The molecular weight excluding hydrogens is 354 g/mol. The fraction of sp³-hybridized carbons (Fsp3) is 0.188. The number of hydrogen-bond donors (Lipinski definition) is 1. The first-order chi connectivity index (χ1) is 10.1. The van der Waals surface area contributed by atoms with Gasteiger partial charge in [0.25, 0.3) is 5.91 Å². The Morgan fingerprint density at radius 2 is 1.95 bits per heavy atom. The highest BCUT2D eigenvalue weighted by Crippen LogP contribution is 2.23. The monoisotopic (exact) mass is 367 g/mol. The molecule has 1 N–H and O–H groups in total. The number of benzene rings is 2. The molecule has 0 spiro atoms. The van der Waals surface area contributed by atoms with Crippen LogP contribution in [0.3, 0.4) is 0 Å². The van der Waals surface area contributed by atoms with E-state index in [1.165, 1.54) is 0 Å². The van der Waals surface area contributed by atoms with Crippen LogP contribution in [0.2, 0.25) is 5.02 Å². The fourth-order valence-corrected chi connectivity index (χ4v) is 2.44. The summed E-state index contributed by atoms with van der Waals surface area (Å²) in [6.45, 7) is 0.983. The zero-order chi connectivity index (χ0) is 15.2. The molecule has 0 unspecified atom stereocenters. The second kappa shape index (κ2) is 7.59. The van der Waals surface area contributed by atoms with Crippen molar-refractivity contribution in [3.8, 4) is 0 Å². The summed E-state index contributed by atoms with van der Waals surface area (Å²) in [6.07, 6.45) is 0. The fourth-order valence-electron chi connectivity index (χ4n) is 1.94. The van der Waals surface area contributed by atoms with Gasteiger partial charge in [-0.1, -0.05) is 35.9 Å². The molecule has 2 aromatic rings. The molecule has 0 aromatic heterocycles. The second-order valence-electron chi connectivity index (χ2n) is 4.51. The first-order valence-electron chi connectivity index (χ1n) is 6.41. The smallest absolute Gasteiger partial charge is 0.251 e. The summed E-state index contributed by atoms with van der Waals surface area (Å²) in [5.41, 5.74) is 2.67. The maximum Gasteiger partial charge on any atom is 0.251 e. The van der Waals surface area contributed by atoms with Gasteiger partial charge in [-0.3, -0.25) is 4.79 Å². The maximum atomic E-state index is 12.1. The Morgan fingerprint density at radius 1 is 1.24 bits per heavy atom. The van der Waals surface area contributed by atoms with E-state index >= 15 is 0 Å². The third-order valence-electron chi connectivity index (χ3n) is 3.04. The third-order valence-corrected chi connectivity index (χ3v) is 4.25. The lowest BCUT2D eigenvalue weighted by atomic mass is 10.1. The topological polar surface area (TPSA) is 38.3 Å². The van der Waals surface area contributed by atoms with Crippen molar-refractivity contribution in [2.75, 3.05) is 7.11 Å². The van der Waals surface area contributed by atoms with Crippen LogP contribution in [-0.2, 0) is 17.9 Å². The van der Waals surface area contributed by atoms with Gasteiger partial charge in [-0.25, -0.2) is 0 Å². The van der Waals surface area contributed by atoms with Crippen molar-refractivity contribution < 1.29 is 9.53 Å². The molecular formula is C16H15BrClNO2. The van der Waals surface area contributed by atoms with E-state index < -0.39 is 0 Å². The molecule has 0 bridgehead atoms. The normalized spacial score (nSPS) is 10.4. The largest absolute Gasteiger partial charge is 0.380 e. The van der Waals surface area contributed by atoms with Gasteiger partial charge in [0, 0.05) is 23.7 Å². The Kier molecular flexibility index (Phi) is 5.79. The number of ether oxygens (including phenoxy) is 1. The van der Waals surface area contributed by atoms with Crippen molar-refractivity contribution in [2.24, 2.45) is 0 Å². The summed E-state index contributed by atoms with van der Waals surface area (Å²) in [5, 5.41) is 3.48. The van der Waals surface area contributed by atoms with Crippen LogP contribution in [0, 0.1) is 0 Å². The minimum absolute atomic E-state index is 0.139. The highest BCUT2D eigenvalue weighted by Gasteiger charge is 2.09. The van der Waals surface area contributed by atoms with E-state index in [1.807, 2.05) is 24.3 Å². The minimum atomic E-state index is -0.139. The van der Waals surface area contributed by atoms with E-state index in [1.54, 1.807) is 25.3 Å². The van der Waals surface area contributed by atoms with E-state index in [0.29, 0.717) is 28.2 Å². The molecule has 0 atom stereocenters. The summed E-state index contributed by atoms with van der Waals surface area (Å²) in [7, 11) is 1.65. The van der Waals surface area contributed by atoms with Gasteiger partial charge < -0.3 is 10.1 Å². The predicted octanol–water partition coefficient (Wildman–Crippen LogP) is 4.18. The van der Waals surface area contributed by atoms with Crippen LogP contribution in [0.1, 0.15) is 21.5 Å². The molecule has 0 fully saturated rings. The number of methoxy groups -OCH3 is 1. The summed E-state index contributed by atoms with van der Waals surface area (Å²) in [6, 6.07) is 13.0. The van der Waals surface area contributed by atoms with Gasteiger partial charge in [-0.15, -0.1) is 0 Å². The van der Waals surface area contributed by atoms with Crippen molar-refractivity contribution in [1.29, 1.82) is 0 Å². The summed E-state index contributed by atoms with van der Waals surface area (Å²) < 4.78 is 5.86. The first-order valence-corrected chi connectivity index (χ1v) is 7.58. The van der Waals surface area contributed by atoms with Crippen LogP contribution >= 0.6 is 27.5 Å². The van der Waals surface area contributed by atoms with Gasteiger partial charge in [0.1, 0.15) is 0 Å². The molecule has 0 aliphatic rings. The van der Waals surface area contributed by atoms with Crippen LogP contribution in [0.5, 0.6) is 0 Å². The lowest BCUT2D eigenvalue weighted by molar-refractivity contribution is 0.0950. The lowest BCUT2D eigenvalue weighted by Gasteiger charge is -2.10. The van der Waals surface area contributed by atoms with Crippen molar-refractivity contribution in [2.45, 2.75) is 13.2 Å². The van der Waals surface area contributed by atoms with Gasteiger partial charge in [0.15, 0.2) is 0 Å². The summed E-state index contributed by atoms with van der Waals surface area (Å²) >= 11 is 9.24. The maximum absolute atomic E-state index is 12.1. The standard InChI is InChI=1S/C16H15BrClNO2/c1-21-10-13-5-3-2-4-12(13)9-19-16(20)11-6-7-15(18)14(17)8-11/h2-8H,9-10H2,1H3,(H,19,20). The summed E-state index contributed by atoms with van der Waals surface area (Å²) in [4.78, 5) is 12.1. The van der Waals surface area contributed by atoms with Gasteiger partial charge in [0.2, 0.25) is 0 Å². The molecule has 2 aromatic carbocycles. The van der Waals surface area contributed by atoms with Crippen molar-refractivity contribution in [3.05, 3.63) is 68.7 Å². The first kappa shape index (κ1) is 16.0. The van der Waals surface area contributed by atoms with Crippen LogP contribution in [0.25, 0.3) is 0 Å². The van der Waals surface area contributed by atoms with Gasteiger partial charge in [-0.05, 0) is 45.3 Å². The molecule has 0 aliphatic heterocycles. The Hall–Kier alpha value is -1.36. The molecule has 0 radical (unpaired) electrons. The summed E-state index contributed by atoms with van der Waals surface area (Å²) in [5.74, 6) is -0.139. The second-order valence-corrected chi connectivity index (χ2v) is 5.77. The molecule has 3 nitrogen and oxygen atoms in total. The average Bonchev–Trinajstić information content (AvgIpc) is 2.49. The van der Waals surface area contributed by atoms with Crippen molar-refractivity contribution in [1.82, 2.24) is 5.32 Å². The number of hydrogen-bond acceptors (Lipinski definition) is 2. The number of carbonyl (C=O) groups is 1. The molecule has 0 saturated carbocycles. The van der Waals surface area contributed by atoms with Gasteiger partial charge in [0.05, 0.1) is 11.6 Å². The molecule has 110 valence electrons. The Balaban J connectivity index is 2.05. The van der Waals surface area contributed by atoms with E-state index in [4.69, 9.17) is 16.3 Å². The molecule has 0 saturated heterocycles. The quantitative estimate of drug-likeness (QED) is 0.860. The van der Waals surface area contributed by atoms with E-state index in [-0.39, 0.29) is 5.91 Å². The minimum Gasteiger partial charge on any atom is -0.380 e. The van der Waals surface area contributed by atoms with Gasteiger partial charge >= 0.3 is 0 Å². The van der Waals surface area contributed by atoms with E-state index in [0.717, 1.165) is 11.1 Å². The zero-order valence-corrected chi connectivity index (χ0v) is 13.9.